The molecule has 0 bridgehead atoms. The molecule has 0 aliphatic carbocycles. The molecule has 0 heterocycles. The first-order valence-electron chi connectivity index (χ1n) is 5.53. The van der Waals surface area contributed by atoms with Crippen LogP contribution in [0.15, 0.2) is 40.9 Å². The Hall–Kier alpha value is -1.28. The Labute approximate surface area is 111 Å². The summed E-state index contributed by atoms with van der Waals surface area (Å²) in [4.78, 5) is 0. The minimum atomic E-state index is 0.891. The largest absolute Gasteiger partial charge is 0.497 e. The fourth-order valence-electron chi connectivity index (χ4n) is 1.89. The van der Waals surface area contributed by atoms with Gasteiger partial charge in [0.2, 0.25) is 0 Å². The molecule has 88 valence electrons. The molecule has 0 radical (unpaired) electrons. The van der Waals surface area contributed by atoms with E-state index in [1.54, 1.807) is 7.11 Å². The summed E-state index contributed by atoms with van der Waals surface area (Å²) in [5.41, 5.74) is 5.03. The zero-order valence-corrected chi connectivity index (χ0v) is 11.8. The van der Waals surface area contributed by atoms with Crippen molar-refractivity contribution in [3.05, 3.63) is 52.0 Å². The lowest BCUT2D eigenvalue weighted by Gasteiger charge is -2.11. The van der Waals surface area contributed by atoms with E-state index in [4.69, 9.17) is 4.74 Å². The minimum Gasteiger partial charge on any atom is -0.497 e. The van der Waals surface area contributed by atoms with Gasteiger partial charge < -0.3 is 4.74 Å². The van der Waals surface area contributed by atoms with E-state index in [0.717, 1.165) is 10.2 Å². The maximum Gasteiger partial charge on any atom is 0.119 e. The van der Waals surface area contributed by atoms with Crippen molar-refractivity contribution in [2.75, 3.05) is 7.11 Å². The lowest BCUT2D eigenvalue weighted by Crippen LogP contribution is -1.89. The molecule has 1 nitrogen and oxygen atoms in total. The van der Waals surface area contributed by atoms with Crippen LogP contribution >= 0.6 is 15.9 Å². The zero-order chi connectivity index (χ0) is 12.4. The summed E-state index contributed by atoms with van der Waals surface area (Å²) in [7, 11) is 1.69. The molecule has 0 amide bonds. The summed E-state index contributed by atoms with van der Waals surface area (Å²) in [5, 5.41) is 0. The van der Waals surface area contributed by atoms with Crippen LogP contribution in [0.25, 0.3) is 11.1 Å². The van der Waals surface area contributed by atoms with E-state index in [1.807, 2.05) is 12.1 Å². The second-order valence-electron chi connectivity index (χ2n) is 4.08. The van der Waals surface area contributed by atoms with Crippen LogP contribution < -0.4 is 4.74 Å². The molecular weight excluding hydrogens is 276 g/mol. The Morgan fingerprint density at radius 3 is 2.47 bits per heavy atom. The van der Waals surface area contributed by atoms with Gasteiger partial charge >= 0.3 is 0 Å². The van der Waals surface area contributed by atoms with Gasteiger partial charge in [0.15, 0.2) is 0 Å². The van der Waals surface area contributed by atoms with Gasteiger partial charge in [-0.3, -0.25) is 0 Å². The predicted octanol–water partition coefficient (Wildman–Crippen LogP) is 4.74. The molecule has 0 saturated carbocycles. The van der Waals surface area contributed by atoms with Crippen LogP contribution in [-0.4, -0.2) is 7.11 Å². The van der Waals surface area contributed by atoms with Gasteiger partial charge in [-0.2, -0.15) is 0 Å². The fraction of sp³-hybridized carbons (Fsp3) is 0.200. The maximum absolute atomic E-state index is 5.26. The molecule has 0 N–H and O–H groups in total. The van der Waals surface area contributed by atoms with Gasteiger partial charge in [-0.25, -0.2) is 0 Å². The molecule has 0 atom stereocenters. The van der Waals surface area contributed by atoms with E-state index >= 15 is 0 Å². The van der Waals surface area contributed by atoms with Crippen molar-refractivity contribution in [3.63, 3.8) is 0 Å². The molecular formula is C15H15BrO. The maximum atomic E-state index is 5.26. The van der Waals surface area contributed by atoms with Crippen molar-refractivity contribution < 1.29 is 4.74 Å². The number of hydrogen-bond acceptors (Lipinski definition) is 1. The van der Waals surface area contributed by atoms with Gasteiger partial charge in [-0.05, 0) is 54.3 Å². The van der Waals surface area contributed by atoms with E-state index in [-0.39, 0.29) is 0 Å². The number of halogens is 1. The molecule has 0 spiro atoms. The van der Waals surface area contributed by atoms with Crippen molar-refractivity contribution in [2.45, 2.75) is 13.8 Å². The molecule has 0 aliphatic heterocycles. The summed E-state index contributed by atoms with van der Waals surface area (Å²) >= 11 is 3.56. The van der Waals surface area contributed by atoms with Crippen LogP contribution in [0.3, 0.4) is 0 Å². The normalized spacial score (nSPS) is 10.4. The molecule has 2 rings (SSSR count). The number of benzene rings is 2. The predicted molar refractivity (Wildman–Crippen MR) is 75.6 cm³/mol. The van der Waals surface area contributed by atoms with Crippen molar-refractivity contribution in [3.8, 4) is 16.9 Å². The fourth-order valence-corrected chi connectivity index (χ4v) is 2.32. The van der Waals surface area contributed by atoms with Gasteiger partial charge in [0.25, 0.3) is 0 Å². The summed E-state index contributed by atoms with van der Waals surface area (Å²) in [6.07, 6.45) is 0. The average Bonchev–Trinajstić information content (AvgIpc) is 2.36. The second-order valence-corrected chi connectivity index (χ2v) is 4.93. The van der Waals surface area contributed by atoms with Gasteiger partial charge in [0, 0.05) is 4.47 Å². The van der Waals surface area contributed by atoms with Crippen LogP contribution in [0.2, 0.25) is 0 Å². The smallest absolute Gasteiger partial charge is 0.119 e. The minimum absolute atomic E-state index is 0.891. The highest BCUT2D eigenvalue weighted by atomic mass is 79.9. The quantitative estimate of drug-likeness (QED) is 0.776. The van der Waals surface area contributed by atoms with Crippen LogP contribution in [-0.2, 0) is 0 Å². The van der Waals surface area contributed by atoms with Crippen LogP contribution in [0.4, 0.5) is 0 Å². The van der Waals surface area contributed by atoms with Gasteiger partial charge in [-0.15, -0.1) is 0 Å². The molecule has 0 aliphatic rings. The standard InChI is InChI=1S/C15H15BrO/c1-10-11(2)15(16)8-7-14(10)12-5-4-6-13(9-12)17-3/h4-9H,1-3H3. The highest BCUT2D eigenvalue weighted by Crippen LogP contribution is 2.31. The topological polar surface area (TPSA) is 9.23 Å². The third-order valence-corrected chi connectivity index (χ3v) is 3.96. The van der Waals surface area contributed by atoms with E-state index in [0.29, 0.717) is 0 Å². The summed E-state index contributed by atoms with van der Waals surface area (Å²) in [6, 6.07) is 12.4. The molecule has 2 heteroatoms. The number of hydrogen-bond donors (Lipinski definition) is 0. The van der Waals surface area contributed by atoms with E-state index in [1.165, 1.54) is 22.3 Å². The van der Waals surface area contributed by atoms with Gasteiger partial charge in [0.05, 0.1) is 7.11 Å². The number of rotatable bonds is 2. The zero-order valence-electron chi connectivity index (χ0n) is 10.3. The van der Waals surface area contributed by atoms with Crippen LogP contribution in [0.5, 0.6) is 5.75 Å². The van der Waals surface area contributed by atoms with Crippen LogP contribution in [0, 0.1) is 13.8 Å². The van der Waals surface area contributed by atoms with E-state index in [9.17, 15) is 0 Å². The molecule has 0 aromatic heterocycles. The highest BCUT2D eigenvalue weighted by Gasteiger charge is 2.07. The van der Waals surface area contributed by atoms with Crippen molar-refractivity contribution in [1.29, 1.82) is 0 Å². The molecule has 0 fully saturated rings. The Kier molecular flexibility index (Phi) is 3.53. The molecule has 2 aromatic rings. The first kappa shape index (κ1) is 12.2. The second kappa shape index (κ2) is 4.92. The molecule has 0 saturated heterocycles. The van der Waals surface area contributed by atoms with Gasteiger partial charge in [-0.1, -0.05) is 34.1 Å². The molecule has 2 aromatic carbocycles. The average molecular weight is 291 g/mol. The number of ether oxygens (including phenoxy) is 1. The van der Waals surface area contributed by atoms with Crippen molar-refractivity contribution in [2.24, 2.45) is 0 Å². The summed E-state index contributed by atoms with van der Waals surface area (Å²) < 4.78 is 6.42. The van der Waals surface area contributed by atoms with E-state index in [2.05, 4.69) is 54.0 Å². The van der Waals surface area contributed by atoms with Gasteiger partial charge in [0.1, 0.15) is 5.75 Å². The lowest BCUT2D eigenvalue weighted by molar-refractivity contribution is 0.415. The van der Waals surface area contributed by atoms with Crippen molar-refractivity contribution in [1.82, 2.24) is 0 Å². The van der Waals surface area contributed by atoms with Crippen LogP contribution in [0.1, 0.15) is 11.1 Å². The first-order chi connectivity index (χ1) is 8.13. The summed E-state index contributed by atoms with van der Waals surface area (Å²) in [6.45, 7) is 4.28. The highest BCUT2D eigenvalue weighted by molar-refractivity contribution is 9.10. The van der Waals surface area contributed by atoms with E-state index < -0.39 is 0 Å². The molecule has 17 heavy (non-hydrogen) atoms. The van der Waals surface area contributed by atoms with Crippen molar-refractivity contribution >= 4 is 15.9 Å². The Morgan fingerprint density at radius 2 is 1.76 bits per heavy atom. The first-order valence-corrected chi connectivity index (χ1v) is 6.33. The lowest BCUT2D eigenvalue weighted by atomic mass is 9.97. The third-order valence-electron chi connectivity index (χ3n) is 3.10. The number of methoxy groups -OCH3 is 1. The Bertz CT molecular complexity index is 547. The Balaban J connectivity index is 2.56. The monoisotopic (exact) mass is 290 g/mol. The SMILES string of the molecule is COc1cccc(-c2ccc(Br)c(C)c2C)c1. The Morgan fingerprint density at radius 1 is 1.00 bits per heavy atom. The molecule has 0 unspecified atom stereocenters. The third kappa shape index (κ3) is 2.37. The summed E-state index contributed by atoms with van der Waals surface area (Å²) in [5.74, 6) is 0.891.